The summed E-state index contributed by atoms with van der Waals surface area (Å²) in [7, 11) is 0. The van der Waals surface area contributed by atoms with Gasteiger partial charge < -0.3 is 15.1 Å². The largest absolute Gasteiger partial charge is 0.444 e. The van der Waals surface area contributed by atoms with E-state index in [1.54, 1.807) is 18.3 Å². The van der Waals surface area contributed by atoms with Gasteiger partial charge in [0.25, 0.3) is 5.91 Å². The number of hydrogen-bond acceptors (Lipinski definition) is 4. The highest BCUT2D eigenvalue weighted by atomic mass is 79.9. The zero-order valence-electron chi connectivity index (χ0n) is 11.0. The molecule has 2 aromatic heterocycles. The normalized spacial score (nSPS) is 14.0. The lowest BCUT2D eigenvalue weighted by atomic mass is 10.4. The van der Waals surface area contributed by atoms with Crippen molar-refractivity contribution in [3.8, 4) is 0 Å². The van der Waals surface area contributed by atoms with E-state index in [4.69, 9.17) is 4.42 Å². The minimum atomic E-state index is -0.373. The van der Waals surface area contributed by atoms with Crippen LogP contribution in [0.15, 0.2) is 33.6 Å². The molecule has 7 nitrogen and oxygen atoms in total. The molecule has 2 heterocycles. The maximum absolute atomic E-state index is 11.9. The molecule has 1 saturated carbocycles. The minimum absolute atomic E-state index is 0.0755. The summed E-state index contributed by atoms with van der Waals surface area (Å²) >= 11 is 3.13. The van der Waals surface area contributed by atoms with Crippen LogP contribution in [0.1, 0.15) is 23.4 Å². The second-order valence-electron chi connectivity index (χ2n) is 4.83. The van der Waals surface area contributed by atoms with E-state index in [1.807, 2.05) is 0 Å². The summed E-state index contributed by atoms with van der Waals surface area (Å²) in [5.41, 5.74) is 0.506. The van der Waals surface area contributed by atoms with Gasteiger partial charge in [-0.15, -0.1) is 0 Å². The van der Waals surface area contributed by atoms with Crippen molar-refractivity contribution in [2.45, 2.75) is 25.4 Å². The van der Waals surface area contributed by atoms with Crippen molar-refractivity contribution in [2.75, 3.05) is 5.32 Å². The van der Waals surface area contributed by atoms with Gasteiger partial charge in [-0.25, -0.2) is 0 Å². The van der Waals surface area contributed by atoms with Crippen molar-refractivity contribution in [2.24, 2.45) is 0 Å². The third-order valence-electron chi connectivity index (χ3n) is 2.94. The molecular weight excluding hydrogens is 340 g/mol. The second-order valence-corrected chi connectivity index (χ2v) is 5.61. The summed E-state index contributed by atoms with van der Waals surface area (Å²) in [5, 5.41) is 9.56. The van der Waals surface area contributed by atoms with Crippen molar-refractivity contribution in [1.29, 1.82) is 0 Å². The molecule has 0 unspecified atom stereocenters. The van der Waals surface area contributed by atoms with Crippen LogP contribution in [0.5, 0.6) is 0 Å². The highest BCUT2D eigenvalue weighted by molar-refractivity contribution is 9.10. The molecule has 8 heteroatoms. The van der Waals surface area contributed by atoms with Gasteiger partial charge in [-0.3, -0.25) is 14.3 Å². The lowest BCUT2D eigenvalue weighted by Gasteiger charge is -2.02. The van der Waals surface area contributed by atoms with Gasteiger partial charge in [0.05, 0.1) is 11.9 Å². The van der Waals surface area contributed by atoms with Crippen LogP contribution in [0.3, 0.4) is 0 Å². The van der Waals surface area contributed by atoms with E-state index in [2.05, 4.69) is 31.7 Å². The molecular formula is C13H13BrN4O3. The number of carbonyl (C=O) groups is 2. The lowest BCUT2D eigenvalue weighted by molar-refractivity contribution is -0.122. The van der Waals surface area contributed by atoms with Crippen LogP contribution in [0, 0.1) is 0 Å². The monoisotopic (exact) mass is 352 g/mol. The summed E-state index contributed by atoms with van der Waals surface area (Å²) in [6.45, 7) is 0.138. The quantitative estimate of drug-likeness (QED) is 0.857. The Labute approximate surface area is 128 Å². The molecule has 0 spiro atoms. The predicted octanol–water partition coefficient (Wildman–Crippen LogP) is 1.77. The van der Waals surface area contributed by atoms with Crippen molar-refractivity contribution in [1.82, 2.24) is 15.1 Å². The maximum Gasteiger partial charge on any atom is 0.291 e. The number of nitrogens with one attached hydrogen (secondary N) is 2. The van der Waals surface area contributed by atoms with E-state index in [-0.39, 0.29) is 24.1 Å². The molecule has 0 saturated heterocycles. The number of halogens is 1. The molecule has 1 aliphatic carbocycles. The van der Waals surface area contributed by atoms with Crippen LogP contribution >= 0.6 is 15.9 Å². The maximum atomic E-state index is 11.9. The zero-order valence-corrected chi connectivity index (χ0v) is 12.6. The lowest BCUT2D eigenvalue weighted by Crippen LogP contribution is -2.29. The first-order chi connectivity index (χ1) is 10.1. The van der Waals surface area contributed by atoms with Crippen LogP contribution in [0.2, 0.25) is 0 Å². The molecule has 2 aromatic rings. The van der Waals surface area contributed by atoms with E-state index in [1.165, 1.54) is 10.9 Å². The molecule has 0 aromatic carbocycles. The number of furan rings is 1. The smallest absolute Gasteiger partial charge is 0.291 e. The highest BCUT2D eigenvalue weighted by Crippen LogP contribution is 2.18. The summed E-state index contributed by atoms with van der Waals surface area (Å²) in [4.78, 5) is 23.5. The van der Waals surface area contributed by atoms with Gasteiger partial charge in [-0.2, -0.15) is 5.10 Å². The Morgan fingerprint density at radius 1 is 1.43 bits per heavy atom. The number of rotatable bonds is 5. The van der Waals surface area contributed by atoms with Gasteiger partial charge in [-0.05, 0) is 40.9 Å². The average molecular weight is 353 g/mol. The number of aromatic nitrogens is 2. The Bertz CT molecular complexity index is 675. The molecule has 21 heavy (non-hydrogen) atoms. The van der Waals surface area contributed by atoms with Gasteiger partial charge in [0.15, 0.2) is 10.4 Å². The van der Waals surface area contributed by atoms with E-state index in [9.17, 15) is 9.59 Å². The highest BCUT2D eigenvalue weighted by Gasteiger charge is 2.23. The van der Waals surface area contributed by atoms with E-state index < -0.39 is 0 Å². The number of amides is 2. The van der Waals surface area contributed by atoms with E-state index >= 15 is 0 Å². The first-order valence-corrected chi connectivity index (χ1v) is 7.28. The summed E-state index contributed by atoms with van der Waals surface area (Å²) in [5.74, 6) is -0.253. The Morgan fingerprint density at radius 2 is 2.24 bits per heavy atom. The number of hydrogen-bond donors (Lipinski definition) is 2. The fourth-order valence-corrected chi connectivity index (χ4v) is 2.10. The van der Waals surface area contributed by atoms with Crippen molar-refractivity contribution in [3.63, 3.8) is 0 Å². The third-order valence-corrected chi connectivity index (χ3v) is 3.36. The second kappa shape index (κ2) is 5.72. The Kier molecular flexibility index (Phi) is 3.78. The topological polar surface area (TPSA) is 89.2 Å². The van der Waals surface area contributed by atoms with Gasteiger partial charge in [-0.1, -0.05) is 0 Å². The zero-order chi connectivity index (χ0) is 14.8. The SMILES string of the molecule is O=C(Cn1cc(NC(=O)c2ccc(Br)o2)cn1)NC1CC1. The third kappa shape index (κ3) is 3.72. The van der Waals surface area contributed by atoms with E-state index in [0.717, 1.165) is 12.8 Å². The molecule has 0 aliphatic heterocycles. The fraction of sp³-hybridized carbons (Fsp3) is 0.308. The summed E-state index contributed by atoms with van der Waals surface area (Å²) in [6.07, 6.45) is 5.18. The molecule has 1 fully saturated rings. The van der Waals surface area contributed by atoms with Crippen molar-refractivity contribution in [3.05, 3.63) is 35.0 Å². The molecule has 0 radical (unpaired) electrons. The molecule has 110 valence electrons. The molecule has 0 bridgehead atoms. The first-order valence-electron chi connectivity index (χ1n) is 6.48. The van der Waals surface area contributed by atoms with Crippen LogP contribution < -0.4 is 10.6 Å². The minimum Gasteiger partial charge on any atom is -0.444 e. The van der Waals surface area contributed by atoms with Crippen LogP contribution in [0.25, 0.3) is 0 Å². The van der Waals surface area contributed by atoms with Crippen molar-refractivity contribution >= 4 is 33.4 Å². The Morgan fingerprint density at radius 3 is 2.90 bits per heavy atom. The number of anilines is 1. The van der Waals surface area contributed by atoms with Crippen molar-refractivity contribution < 1.29 is 14.0 Å². The van der Waals surface area contributed by atoms with Gasteiger partial charge in [0, 0.05) is 12.2 Å². The standard InChI is InChI=1S/C13H13BrN4O3/c14-11-4-3-10(21-11)13(20)17-9-5-15-18(6-9)7-12(19)16-8-1-2-8/h3-6,8H,1-2,7H2,(H,16,19)(H,17,20). The van der Waals surface area contributed by atoms with Gasteiger partial charge in [0.2, 0.25) is 5.91 Å². The molecule has 3 rings (SSSR count). The van der Waals surface area contributed by atoms with Gasteiger partial charge in [0.1, 0.15) is 6.54 Å². The summed E-state index contributed by atoms with van der Waals surface area (Å²) < 4.78 is 7.12. The van der Waals surface area contributed by atoms with Crippen LogP contribution in [-0.2, 0) is 11.3 Å². The number of nitrogens with zero attached hydrogens (tertiary/aromatic N) is 2. The Balaban J connectivity index is 1.56. The predicted molar refractivity (Wildman–Crippen MR) is 77.8 cm³/mol. The fourth-order valence-electron chi connectivity index (χ4n) is 1.79. The van der Waals surface area contributed by atoms with Gasteiger partial charge >= 0.3 is 0 Å². The van der Waals surface area contributed by atoms with Crippen LogP contribution in [0.4, 0.5) is 5.69 Å². The number of carbonyl (C=O) groups excluding carboxylic acids is 2. The van der Waals surface area contributed by atoms with E-state index in [0.29, 0.717) is 16.4 Å². The Hall–Kier alpha value is -2.09. The first kappa shape index (κ1) is 13.9. The molecule has 2 amide bonds. The molecule has 1 aliphatic rings. The molecule has 2 N–H and O–H groups in total. The molecule has 0 atom stereocenters. The average Bonchev–Trinajstić information content (AvgIpc) is 2.95. The van der Waals surface area contributed by atoms with Crippen LogP contribution in [-0.4, -0.2) is 27.6 Å². The summed E-state index contributed by atoms with van der Waals surface area (Å²) in [6, 6.07) is 3.53.